The van der Waals surface area contributed by atoms with Crippen LogP contribution in [-0.2, 0) is 0 Å². The maximum absolute atomic E-state index is 14.2. The first kappa shape index (κ1) is 21.3. The lowest BCUT2D eigenvalue weighted by atomic mass is 10.2. The van der Waals surface area contributed by atoms with Crippen molar-refractivity contribution in [2.45, 2.75) is 12.8 Å². The van der Waals surface area contributed by atoms with Crippen molar-refractivity contribution in [3.8, 4) is 11.5 Å². The number of ether oxygens (including phenoxy) is 2. The van der Waals surface area contributed by atoms with Crippen molar-refractivity contribution in [2.24, 2.45) is 0 Å². The van der Waals surface area contributed by atoms with Gasteiger partial charge in [0, 0.05) is 15.9 Å². The average Bonchev–Trinajstić information content (AvgIpc) is 2.69. The lowest BCUT2D eigenvalue weighted by Gasteiger charge is -2.14. The Kier molecular flexibility index (Phi) is 7.22. The predicted molar refractivity (Wildman–Crippen MR) is 117 cm³/mol. The van der Waals surface area contributed by atoms with Crippen molar-refractivity contribution in [2.75, 3.05) is 39.7 Å². The Morgan fingerprint density at radius 1 is 1.10 bits per heavy atom. The number of methoxy groups -OCH3 is 1. The molecule has 1 heterocycles. The quantitative estimate of drug-likeness (QED) is 0.451. The van der Waals surface area contributed by atoms with Crippen molar-refractivity contribution < 1.29 is 13.9 Å². The Hall–Kier alpha value is -2.45. The maximum atomic E-state index is 14.2. The zero-order valence-electron chi connectivity index (χ0n) is 16.7. The van der Waals surface area contributed by atoms with Crippen LogP contribution >= 0.6 is 15.9 Å². The van der Waals surface area contributed by atoms with Crippen LogP contribution in [0.1, 0.15) is 12.8 Å². The van der Waals surface area contributed by atoms with Crippen LogP contribution in [-0.4, -0.2) is 49.2 Å². The second kappa shape index (κ2) is 9.84. The lowest BCUT2D eigenvalue weighted by Crippen LogP contribution is -2.13. The van der Waals surface area contributed by atoms with Gasteiger partial charge in [-0.2, -0.15) is 0 Å². The van der Waals surface area contributed by atoms with Crippen molar-refractivity contribution in [3.63, 3.8) is 0 Å². The van der Waals surface area contributed by atoms with Gasteiger partial charge >= 0.3 is 0 Å². The second-order valence-electron chi connectivity index (χ2n) is 6.85. The van der Waals surface area contributed by atoms with Crippen LogP contribution in [0.15, 0.2) is 41.1 Å². The monoisotopic (exact) mass is 462 g/mol. The summed E-state index contributed by atoms with van der Waals surface area (Å²) >= 11 is 3.26. The van der Waals surface area contributed by atoms with Crippen molar-refractivity contribution in [1.82, 2.24) is 14.9 Å². The number of aromatic nitrogens is 2. The number of anilines is 2. The minimum Gasteiger partial charge on any atom is -0.493 e. The first-order chi connectivity index (χ1) is 14.0. The third-order valence-electron chi connectivity index (χ3n) is 4.36. The van der Waals surface area contributed by atoms with Crippen LogP contribution in [0.4, 0.5) is 15.9 Å². The maximum Gasteiger partial charge on any atom is 0.163 e. The summed E-state index contributed by atoms with van der Waals surface area (Å²) in [7, 11) is 5.70. The molecular weight excluding hydrogens is 439 g/mol. The van der Waals surface area contributed by atoms with Gasteiger partial charge in [0.1, 0.15) is 18.0 Å². The first-order valence-electron chi connectivity index (χ1n) is 9.30. The zero-order valence-corrected chi connectivity index (χ0v) is 18.3. The molecule has 0 aliphatic carbocycles. The first-order valence-corrected chi connectivity index (χ1v) is 10.1. The summed E-state index contributed by atoms with van der Waals surface area (Å²) in [5, 5.41) is 3.75. The van der Waals surface area contributed by atoms with Gasteiger partial charge in [0.15, 0.2) is 11.5 Å². The molecule has 0 aliphatic rings. The Bertz CT molecular complexity index is 984. The SMILES string of the molecule is COc1cc2c(Nc3ccc(Br)cc3F)ncnc2cc1OCCCCN(C)C. The number of hydrogen-bond donors (Lipinski definition) is 1. The van der Waals surface area contributed by atoms with Gasteiger partial charge in [0.05, 0.1) is 24.9 Å². The fourth-order valence-electron chi connectivity index (χ4n) is 2.87. The third kappa shape index (κ3) is 5.55. The van der Waals surface area contributed by atoms with Crippen LogP contribution in [0.3, 0.4) is 0 Å². The molecule has 0 saturated carbocycles. The zero-order chi connectivity index (χ0) is 20.8. The Labute approximate surface area is 178 Å². The molecule has 0 amide bonds. The number of halogens is 2. The highest BCUT2D eigenvalue weighted by molar-refractivity contribution is 9.10. The molecule has 0 aliphatic heterocycles. The summed E-state index contributed by atoms with van der Waals surface area (Å²) in [6.07, 6.45) is 3.44. The second-order valence-corrected chi connectivity index (χ2v) is 7.77. The van der Waals surface area contributed by atoms with E-state index in [1.54, 1.807) is 19.2 Å². The topological polar surface area (TPSA) is 59.5 Å². The smallest absolute Gasteiger partial charge is 0.163 e. The molecule has 3 rings (SSSR count). The van der Waals surface area contributed by atoms with Gasteiger partial charge in [0.25, 0.3) is 0 Å². The molecule has 8 heteroatoms. The van der Waals surface area contributed by atoms with Crippen LogP contribution in [0.25, 0.3) is 10.9 Å². The van der Waals surface area contributed by atoms with Gasteiger partial charge in [-0.3, -0.25) is 0 Å². The number of nitrogens with zero attached hydrogens (tertiary/aromatic N) is 3. The van der Waals surface area contributed by atoms with Gasteiger partial charge in [-0.15, -0.1) is 0 Å². The van der Waals surface area contributed by atoms with Crippen LogP contribution in [0, 0.1) is 5.82 Å². The van der Waals surface area contributed by atoms with E-state index in [4.69, 9.17) is 9.47 Å². The normalized spacial score (nSPS) is 11.1. The van der Waals surface area contributed by atoms with Crippen molar-refractivity contribution >= 4 is 38.3 Å². The fraction of sp³-hybridized carbons (Fsp3) is 0.333. The number of rotatable bonds is 9. The van der Waals surface area contributed by atoms with E-state index in [2.05, 4.69) is 50.2 Å². The lowest BCUT2D eigenvalue weighted by molar-refractivity contribution is 0.277. The molecule has 3 aromatic rings. The summed E-state index contributed by atoms with van der Waals surface area (Å²) in [6, 6.07) is 8.44. The summed E-state index contributed by atoms with van der Waals surface area (Å²) in [4.78, 5) is 10.8. The summed E-state index contributed by atoms with van der Waals surface area (Å²) in [5.41, 5.74) is 1.01. The average molecular weight is 463 g/mol. The highest BCUT2D eigenvalue weighted by atomic mass is 79.9. The van der Waals surface area contributed by atoms with Gasteiger partial charge in [-0.1, -0.05) is 15.9 Å². The van der Waals surface area contributed by atoms with E-state index in [0.717, 1.165) is 19.4 Å². The molecule has 0 radical (unpaired) electrons. The molecule has 0 saturated heterocycles. The largest absolute Gasteiger partial charge is 0.493 e. The molecular formula is C21H24BrFN4O2. The van der Waals surface area contributed by atoms with E-state index in [-0.39, 0.29) is 5.82 Å². The molecule has 29 heavy (non-hydrogen) atoms. The molecule has 6 nitrogen and oxygen atoms in total. The van der Waals surface area contributed by atoms with Gasteiger partial charge in [0.2, 0.25) is 0 Å². The van der Waals surface area contributed by atoms with E-state index in [1.165, 1.54) is 12.4 Å². The molecule has 0 spiro atoms. The van der Waals surface area contributed by atoms with Crippen LogP contribution < -0.4 is 14.8 Å². The highest BCUT2D eigenvalue weighted by Gasteiger charge is 2.13. The summed E-state index contributed by atoms with van der Waals surface area (Å²) in [6.45, 7) is 1.61. The summed E-state index contributed by atoms with van der Waals surface area (Å²) < 4.78 is 26.3. The Morgan fingerprint density at radius 2 is 1.93 bits per heavy atom. The molecule has 2 aromatic carbocycles. The molecule has 154 valence electrons. The standard InChI is InChI=1S/C21H24BrFN4O2/c1-27(2)8-4-5-9-29-20-12-18-15(11-19(20)28-3)21(25-13-24-18)26-17-7-6-14(22)10-16(17)23/h6-7,10-13H,4-5,8-9H2,1-3H3,(H,24,25,26). The molecule has 0 bridgehead atoms. The van der Waals surface area contributed by atoms with E-state index >= 15 is 0 Å². The van der Waals surface area contributed by atoms with Crippen LogP contribution in [0.2, 0.25) is 0 Å². The van der Waals surface area contributed by atoms with Crippen molar-refractivity contribution in [1.29, 1.82) is 0 Å². The number of fused-ring (bicyclic) bond motifs is 1. The van der Waals surface area contributed by atoms with Gasteiger partial charge in [-0.05, 0) is 57.7 Å². The minimum absolute atomic E-state index is 0.327. The molecule has 0 atom stereocenters. The van der Waals surface area contributed by atoms with E-state index in [9.17, 15) is 4.39 Å². The Balaban J connectivity index is 1.82. The molecule has 0 unspecified atom stereocenters. The number of hydrogen-bond acceptors (Lipinski definition) is 6. The van der Waals surface area contributed by atoms with Gasteiger partial charge < -0.3 is 19.7 Å². The van der Waals surface area contributed by atoms with Crippen LogP contribution in [0.5, 0.6) is 11.5 Å². The minimum atomic E-state index is -0.379. The fourth-order valence-corrected chi connectivity index (χ4v) is 3.20. The molecule has 1 aromatic heterocycles. The third-order valence-corrected chi connectivity index (χ3v) is 4.86. The highest BCUT2D eigenvalue weighted by Crippen LogP contribution is 2.35. The van der Waals surface area contributed by atoms with E-state index in [1.807, 2.05) is 12.1 Å². The van der Waals surface area contributed by atoms with Crippen molar-refractivity contribution in [3.05, 3.63) is 46.9 Å². The van der Waals surface area contributed by atoms with E-state index in [0.29, 0.717) is 45.0 Å². The Morgan fingerprint density at radius 3 is 2.66 bits per heavy atom. The molecule has 1 N–H and O–H groups in total. The predicted octanol–water partition coefficient (Wildman–Crippen LogP) is 5.00. The number of unbranched alkanes of at least 4 members (excludes halogenated alkanes) is 1. The molecule has 0 fully saturated rings. The van der Waals surface area contributed by atoms with Gasteiger partial charge in [-0.25, -0.2) is 14.4 Å². The number of nitrogens with one attached hydrogen (secondary N) is 1. The number of benzene rings is 2. The summed E-state index contributed by atoms with van der Waals surface area (Å²) in [5.74, 6) is 1.33. The van der Waals surface area contributed by atoms with E-state index < -0.39 is 0 Å².